The summed E-state index contributed by atoms with van der Waals surface area (Å²) in [4.78, 5) is 36.2. The van der Waals surface area contributed by atoms with Crippen molar-refractivity contribution in [2.24, 2.45) is 5.41 Å². The highest BCUT2D eigenvalue weighted by molar-refractivity contribution is 5.82. The molecule has 2 amide bonds. The Morgan fingerprint density at radius 3 is 2.27 bits per heavy atom. The van der Waals surface area contributed by atoms with Gasteiger partial charge in [-0.3, -0.25) is 4.79 Å². The summed E-state index contributed by atoms with van der Waals surface area (Å²) in [5.74, 6) is -5.37. The summed E-state index contributed by atoms with van der Waals surface area (Å²) in [6.07, 6.45) is -8.60. The highest BCUT2D eigenvalue weighted by Crippen LogP contribution is 2.33. The summed E-state index contributed by atoms with van der Waals surface area (Å²) in [6.45, 7) is 7.36. The van der Waals surface area contributed by atoms with Crippen LogP contribution in [-0.2, 0) is 19.1 Å². The number of aliphatic carboxylic acids is 1. The van der Waals surface area contributed by atoms with Gasteiger partial charge < -0.3 is 50.7 Å². The van der Waals surface area contributed by atoms with E-state index in [9.17, 15) is 39.9 Å². The van der Waals surface area contributed by atoms with E-state index in [1.54, 1.807) is 34.6 Å². The Labute approximate surface area is 191 Å². The maximum absolute atomic E-state index is 13.1. The molecule has 13 nitrogen and oxygen atoms in total. The summed E-state index contributed by atoms with van der Waals surface area (Å²) in [7, 11) is 0. The third-order valence-corrected chi connectivity index (χ3v) is 5.35. The van der Waals surface area contributed by atoms with E-state index in [1.165, 1.54) is 0 Å². The standard InChI is InChI=1S/C20H36N2O11/c1-6-32-17(30)22-19(4,5)9-18(2,3)15(27)21-12-10(24)7-20(31,16(28)29)33-14(12)13(26)11(25)8-23/h10-14,23-26,31H,6-9H2,1-5H3,(H,21,27)(H,22,30)(H,28,29). The summed E-state index contributed by atoms with van der Waals surface area (Å²) < 4.78 is 9.94. The second-order valence-electron chi connectivity index (χ2n) is 9.47. The van der Waals surface area contributed by atoms with Crippen molar-refractivity contribution in [3.63, 3.8) is 0 Å². The smallest absolute Gasteiger partial charge is 0.407 e. The number of amides is 2. The molecular formula is C20H36N2O11. The Morgan fingerprint density at radius 2 is 1.79 bits per heavy atom. The summed E-state index contributed by atoms with van der Waals surface area (Å²) in [5, 5.41) is 64.3. The van der Waals surface area contributed by atoms with Crippen LogP contribution in [0.2, 0.25) is 0 Å². The Hall–Kier alpha value is -2.03. The van der Waals surface area contributed by atoms with Crippen LogP contribution < -0.4 is 10.6 Å². The monoisotopic (exact) mass is 480 g/mol. The second-order valence-corrected chi connectivity index (χ2v) is 9.47. The van der Waals surface area contributed by atoms with Crippen molar-refractivity contribution in [1.82, 2.24) is 10.6 Å². The molecule has 0 spiro atoms. The highest BCUT2D eigenvalue weighted by atomic mass is 16.7. The van der Waals surface area contributed by atoms with Crippen molar-refractivity contribution >= 4 is 18.0 Å². The van der Waals surface area contributed by atoms with E-state index in [-0.39, 0.29) is 13.0 Å². The fraction of sp³-hybridized carbons (Fsp3) is 0.850. The van der Waals surface area contributed by atoms with E-state index in [2.05, 4.69) is 10.6 Å². The summed E-state index contributed by atoms with van der Waals surface area (Å²) in [6, 6.07) is -1.44. The number of nitrogens with one attached hydrogen (secondary N) is 2. The first-order chi connectivity index (χ1) is 15.0. The normalized spacial score (nSPS) is 27.9. The second kappa shape index (κ2) is 10.9. The number of carboxylic acid groups (broad SMARTS) is 1. The van der Waals surface area contributed by atoms with Gasteiger partial charge in [-0.2, -0.15) is 0 Å². The van der Waals surface area contributed by atoms with Gasteiger partial charge in [-0.1, -0.05) is 13.8 Å². The van der Waals surface area contributed by atoms with E-state index in [4.69, 9.17) is 14.6 Å². The Bertz CT molecular complexity index is 714. The SMILES string of the molecule is CCOC(=O)NC(C)(C)CC(C)(C)C(=O)NC1C(O)CC(O)(C(=O)O)OC1C(O)C(O)CO. The van der Waals surface area contributed by atoms with Crippen molar-refractivity contribution in [2.75, 3.05) is 13.2 Å². The van der Waals surface area contributed by atoms with Crippen LogP contribution >= 0.6 is 0 Å². The minimum Gasteiger partial charge on any atom is -0.477 e. The van der Waals surface area contributed by atoms with Gasteiger partial charge in [0.1, 0.15) is 18.3 Å². The Balaban J connectivity index is 3.09. The third kappa shape index (κ3) is 7.48. The van der Waals surface area contributed by atoms with Crippen LogP contribution in [0.25, 0.3) is 0 Å². The van der Waals surface area contributed by atoms with E-state index in [0.29, 0.717) is 0 Å². The molecule has 1 aliphatic rings. The van der Waals surface area contributed by atoms with E-state index in [0.717, 1.165) is 0 Å². The number of carbonyl (C=O) groups excluding carboxylic acids is 2. The zero-order valence-electron chi connectivity index (χ0n) is 19.4. The molecule has 0 aromatic carbocycles. The molecular weight excluding hydrogens is 444 g/mol. The number of hydrogen-bond donors (Lipinski definition) is 8. The third-order valence-electron chi connectivity index (χ3n) is 5.35. The molecule has 0 radical (unpaired) electrons. The lowest BCUT2D eigenvalue weighted by molar-refractivity contribution is -0.295. The van der Waals surface area contributed by atoms with Gasteiger partial charge in [0.05, 0.1) is 25.4 Å². The van der Waals surface area contributed by atoms with E-state index >= 15 is 0 Å². The van der Waals surface area contributed by atoms with Crippen molar-refractivity contribution in [3.05, 3.63) is 0 Å². The molecule has 0 aromatic heterocycles. The molecule has 8 N–H and O–H groups in total. The molecule has 0 saturated carbocycles. The molecule has 6 atom stereocenters. The first-order valence-electron chi connectivity index (χ1n) is 10.5. The lowest BCUT2D eigenvalue weighted by atomic mass is 9.78. The molecule has 0 aliphatic carbocycles. The number of ether oxygens (including phenoxy) is 2. The fourth-order valence-corrected chi connectivity index (χ4v) is 3.92. The predicted molar refractivity (Wildman–Crippen MR) is 112 cm³/mol. The van der Waals surface area contributed by atoms with Crippen LogP contribution in [0.15, 0.2) is 0 Å². The van der Waals surface area contributed by atoms with Gasteiger partial charge in [0, 0.05) is 17.4 Å². The van der Waals surface area contributed by atoms with Crippen molar-refractivity contribution in [1.29, 1.82) is 0 Å². The molecule has 1 fully saturated rings. The lowest BCUT2D eigenvalue weighted by Gasteiger charge is -2.45. The average molecular weight is 481 g/mol. The number of rotatable bonds is 10. The van der Waals surface area contributed by atoms with Crippen LogP contribution in [-0.4, -0.2) is 104 Å². The molecule has 1 saturated heterocycles. The molecule has 192 valence electrons. The van der Waals surface area contributed by atoms with Gasteiger partial charge >= 0.3 is 12.1 Å². The Morgan fingerprint density at radius 1 is 1.21 bits per heavy atom. The van der Waals surface area contributed by atoms with Crippen LogP contribution in [0.4, 0.5) is 4.79 Å². The zero-order chi connectivity index (χ0) is 25.8. The van der Waals surface area contributed by atoms with Gasteiger partial charge in [0.25, 0.3) is 5.79 Å². The molecule has 1 rings (SSSR count). The lowest BCUT2D eigenvalue weighted by Crippen LogP contribution is -2.68. The first kappa shape index (κ1) is 29.0. The van der Waals surface area contributed by atoms with Crippen molar-refractivity contribution in [2.45, 2.75) is 89.2 Å². The number of hydrogen-bond acceptors (Lipinski definition) is 10. The molecule has 0 bridgehead atoms. The maximum atomic E-state index is 13.1. The number of carboxylic acids is 1. The van der Waals surface area contributed by atoms with Crippen LogP contribution in [0.5, 0.6) is 0 Å². The quantitative estimate of drug-likeness (QED) is 0.172. The Kier molecular flexibility index (Phi) is 9.61. The topological polar surface area (TPSA) is 215 Å². The molecule has 0 aromatic rings. The number of alkyl carbamates (subject to hydrolysis) is 1. The van der Waals surface area contributed by atoms with Crippen LogP contribution in [0, 0.1) is 5.41 Å². The maximum Gasteiger partial charge on any atom is 0.407 e. The number of aliphatic hydroxyl groups is 5. The van der Waals surface area contributed by atoms with Gasteiger partial charge in [-0.15, -0.1) is 0 Å². The number of carbonyl (C=O) groups is 3. The van der Waals surface area contributed by atoms with Gasteiger partial charge in [-0.25, -0.2) is 9.59 Å². The van der Waals surface area contributed by atoms with Crippen molar-refractivity contribution in [3.8, 4) is 0 Å². The molecule has 6 unspecified atom stereocenters. The fourth-order valence-electron chi connectivity index (χ4n) is 3.92. The zero-order valence-corrected chi connectivity index (χ0v) is 19.4. The minimum atomic E-state index is -2.89. The summed E-state index contributed by atoms with van der Waals surface area (Å²) in [5.41, 5.74) is -2.04. The molecule has 1 heterocycles. The van der Waals surface area contributed by atoms with E-state index in [1.807, 2.05) is 0 Å². The summed E-state index contributed by atoms with van der Waals surface area (Å²) >= 11 is 0. The van der Waals surface area contributed by atoms with Gasteiger partial charge in [-0.05, 0) is 27.2 Å². The molecule has 1 aliphatic heterocycles. The van der Waals surface area contributed by atoms with Crippen molar-refractivity contribution < 1.29 is 54.5 Å². The highest BCUT2D eigenvalue weighted by Gasteiger charge is 2.54. The van der Waals surface area contributed by atoms with Gasteiger partial charge in [0.2, 0.25) is 5.91 Å². The predicted octanol–water partition coefficient (Wildman–Crippen LogP) is -1.95. The minimum absolute atomic E-state index is 0.111. The average Bonchev–Trinajstić information content (AvgIpc) is 2.67. The molecule has 33 heavy (non-hydrogen) atoms. The first-order valence-corrected chi connectivity index (χ1v) is 10.5. The van der Waals surface area contributed by atoms with E-state index < -0.39 is 78.2 Å². The molecule has 13 heteroatoms. The largest absolute Gasteiger partial charge is 0.477 e. The van der Waals surface area contributed by atoms with Crippen LogP contribution in [0.1, 0.15) is 47.5 Å². The van der Waals surface area contributed by atoms with Gasteiger partial charge in [0.15, 0.2) is 0 Å². The number of aliphatic hydroxyl groups excluding tert-OH is 4. The van der Waals surface area contributed by atoms with Crippen LogP contribution in [0.3, 0.4) is 0 Å².